The Kier molecular flexibility index (Phi) is 7.64. The normalized spacial score (nSPS) is 11.0. The van der Waals surface area contributed by atoms with Crippen LogP contribution in [0.2, 0.25) is 0 Å². The highest BCUT2D eigenvalue weighted by molar-refractivity contribution is 5.90. The number of nitrogens with two attached hydrogens (primary N) is 1. The largest absolute Gasteiger partial charge is 0.495 e. The Morgan fingerprint density at radius 1 is 1.40 bits per heavy atom. The smallest absolute Gasteiger partial charge is 0.236 e. The molecule has 1 aromatic carbocycles. The van der Waals surface area contributed by atoms with E-state index in [4.69, 9.17) is 10.5 Å². The quantitative estimate of drug-likeness (QED) is 0.757. The molecule has 0 aliphatic carbocycles. The molecule has 0 aliphatic heterocycles. The van der Waals surface area contributed by atoms with Crippen molar-refractivity contribution in [2.75, 3.05) is 12.4 Å². The Hall–Kier alpha value is -1.79. The number of nitrogens with one attached hydrogen (secondary N) is 2. The second-order valence-electron chi connectivity index (χ2n) is 4.22. The van der Waals surface area contributed by atoms with Gasteiger partial charge >= 0.3 is 0 Å². The summed E-state index contributed by atoms with van der Waals surface area (Å²) in [4.78, 5) is 22.5. The van der Waals surface area contributed by atoms with Crippen molar-refractivity contribution in [1.29, 1.82) is 0 Å². The Morgan fingerprint density at radius 2 is 2.05 bits per heavy atom. The number of anilines is 1. The third kappa shape index (κ3) is 5.46. The van der Waals surface area contributed by atoms with Gasteiger partial charge in [-0.25, -0.2) is 0 Å². The molecule has 0 heterocycles. The zero-order chi connectivity index (χ0) is 14.4. The number of amides is 2. The molecule has 20 heavy (non-hydrogen) atoms. The molecule has 0 unspecified atom stereocenters. The van der Waals surface area contributed by atoms with Crippen LogP contribution in [0.15, 0.2) is 18.2 Å². The molecule has 6 nitrogen and oxygen atoms in total. The first-order valence-corrected chi connectivity index (χ1v) is 5.92. The van der Waals surface area contributed by atoms with Crippen LogP contribution in [0.3, 0.4) is 0 Å². The number of benzene rings is 1. The van der Waals surface area contributed by atoms with Crippen molar-refractivity contribution in [2.45, 2.75) is 26.4 Å². The van der Waals surface area contributed by atoms with Crippen LogP contribution in [0.1, 0.15) is 19.4 Å². The first-order chi connectivity index (χ1) is 8.93. The van der Waals surface area contributed by atoms with Crippen LogP contribution in [-0.4, -0.2) is 25.0 Å². The topological polar surface area (TPSA) is 93.4 Å². The van der Waals surface area contributed by atoms with Crippen molar-refractivity contribution in [3.05, 3.63) is 23.8 Å². The van der Waals surface area contributed by atoms with Gasteiger partial charge in [0.25, 0.3) is 0 Å². The van der Waals surface area contributed by atoms with E-state index in [-0.39, 0.29) is 24.2 Å². The number of carbonyl (C=O) groups excluding carboxylic acids is 2. The fraction of sp³-hybridized carbons (Fsp3) is 0.385. The summed E-state index contributed by atoms with van der Waals surface area (Å²) in [5.74, 6) is 0.157. The van der Waals surface area contributed by atoms with E-state index < -0.39 is 6.04 Å². The predicted molar refractivity (Wildman–Crippen MR) is 80.0 cm³/mol. The lowest BCUT2D eigenvalue weighted by atomic mass is 10.1. The molecule has 0 spiro atoms. The second kappa shape index (κ2) is 8.39. The third-order valence-electron chi connectivity index (χ3n) is 2.45. The minimum absolute atomic E-state index is 0. The predicted octanol–water partition coefficient (Wildman–Crippen LogP) is 1.04. The van der Waals surface area contributed by atoms with Gasteiger partial charge in [-0.3, -0.25) is 9.59 Å². The lowest BCUT2D eigenvalue weighted by molar-refractivity contribution is -0.122. The highest BCUT2D eigenvalue weighted by Crippen LogP contribution is 2.25. The maximum atomic E-state index is 11.4. The molecule has 4 N–H and O–H groups in total. The van der Waals surface area contributed by atoms with E-state index >= 15 is 0 Å². The SMILES string of the molecule is COc1ccc(CNC(=O)[C@@H](C)N)cc1NC(C)=O.Cl. The number of halogens is 1. The summed E-state index contributed by atoms with van der Waals surface area (Å²) in [5, 5.41) is 5.37. The highest BCUT2D eigenvalue weighted by atomic mass is 35.5. The first-order valence-electron chi connectivity index (χ1n) is 5.92. The Labute approximate surface area is 124 Å². The molecule has 112 valence electrons. The van der Waals surface area contributed by atoms with Crippen molar-refractivity contribution < 1.29 is 14.3 Å². The molecule has 7 heteroatoms. The first kappa shape index (κ1) is 18.2. The lowest BCUT2D eigenvalue weighted by Crippen LogP contribution is -2.37. The summed E-state index contributed by atoms with van der Waals surface area (Å²) in [6, 6.07) is 4.75. The zero-order valence-electron chi connectivity index (χ0n) is 11.7. The van der Waals surface area contributed by atoms with Crippen molar-refractivity contribution in [1.82, 2.24) is 5.32 Å². The average Bonchev–Trinajstić information content (AvgIpc) is 2.35. The number of ether oxygens (including phenoxy) is 1. The fourth-order valence-electron chi connectivity index (χ4n) is 1.50. The summed E-state index contributed by atoms with van der Waals surface area (Å²) in [6.45, 7) is 3.38. The van der Waals surface area contributed by atoms with Gasteiger partial charge in [-0.2, -0.15) is 0 Å². The summed E-state index contributed by atoms with van der Waals surface area (Å²) in [7, 11) is 1.53. The van der Waals surface area contributed by atoms with Gasteiger partial charge < -0.3 is 21.1 Å². The number of methoxy groups -OCH3 is 1. The fourth-order valence-corrected chi connectivity index (χ4v) is 1.50. The minimum atomic E-state index is -0.548. The van der Waals surface area contributed by atoms with Gasteiger partial charge in [0, 0.05) is 13.5 Å². The number of rotatable bonds is 5. The summed E-state index contributed by atoms with van der Waals surface area (Å²) < 4.78 is 5.14. The molecule has 0 aliphatic rings. The molecule has 1 atom stereocenters. The van der Waals surface area contributed by atoms with Crippen LogP contribution in [0, 0.1) is 0 Å². The van der Waals surface area contributed by atoms with Gasteiger partial charge in [-0.1, -0.05) is 6.07 Å². The van der Waals surface area contributed by atoms with Crippen molar-refractivity contribution in [2.24, 2.45) is 5.73 Å². The number of carbonyl (C=O) groups is 2. The molecular formula is C13H20ClN3O3. The molecular weight excluding hydrogens is 282 g/mol. The van der Waals surface area contributed by atoms with Gasteiger partial charge in [0.2, 0.25) is 11.8 Å². The summed E-state index contributed by atoms with van der Waals surface area (Å²) >= 11 is 0. The van der Waals surface area contributed by atoms with Crippen LogP contribution in [0.4, 0.5) is 5.69 Å². The molecule has 2 amide bonds. The maximum Gasteiger partial charge on any atom is 0.236 e. The van der Waals surface area contributed by atoms with Gasteiger partial charge in [0.05, 0.1) is 18.8 Å². The van der Waals surface area contributed by atoms with Crippen LogP contribution in [-0.2, 0) is 16.1 Å². The number of hydrogen-bond acceptors (Lipinski definition) is 4. The standard InChI is InChI=1S/C13H19N3O3.ClH/c1-8(14)13(18)15-7-10-4-5-12(19-3)11(6-10)16-9(2)17;/h4-6,8H,7,14H2,1-3H3,(H,15,18)(H,16,17);1H/t8-;/m1./s1. The van der Waals surface area contributed by atoms with Gasteiger partial charge in [-0.05, 0) is 24.6 Å². The van der Waals surface area contributed by atoms with Crippen molar-refractivity contribution in [3.8, 4) is 5.75 Å². The van der Waals surface area contributed by atoms with E-state index in [0.717, 1.165) is 5.56 Å². The van der Waals surface area contributed by atoms with Crippen molar-refractivity contribution in [3.63, 3.8) is 0 Å². The molecule has 0 radical (unpaired) electrons. The van der Waals surface area contributed by atoms with E-state index in [1.165, 1.54) is 14.0 Å². The zero-order valence-corrected chi connectivity index (χ0v) is 12.5. The Morgan fingerprint density at radius 3 is 2.55 bits per heavy atom. The van der Waals surface area contributed by atoms with Crippen LogP contribution in [0.5, 0.6) is 5.75 Å². The van der Waals surface area contributed by atoms with Gasteiger partial charge in [0.15, 0.2) is 0 Å². The van der Waals surface area contributed by atoms with Crippen LogP contribution in [0.25, 0.3) is 0 Å². The minimum Gasteiger partial charge on any atom is -0.495 e. The van der Waals surface area contributed by atoms with Gasteiger partial charge in [0.1, 0.15) is 5.75 Å². The van der Waals surface area contributed by atoms with Gasteiger partial charge in [-0.15, -0.1) is 12.4 Å². The van der Waals surface area contributed by atoms with E-state index in [1.54, 1.807) is 19.1 Å². The molecule has 0 bridgehead atoms. The maximum absolute atomic E-state index is 11.4. The van der Waals surface area contributed by atoms with Crippen LogP contribution < -0.4 is 21.1 Å². The lowest BCUT2D eigenvalue weighted by Gasteiger charge is -2.12. The van der Waals surface area contributed by atoms with Crippen molar-refractivity contribution >= 4 is 29.9 Å². The molecule has 0 saturated carbocycles. The summed E-state index contributed by atoms with van der Waals surface area (Å²) in [6.07, 6.45) is 0. The second-order valence-corrected chi connectivity index (χ2v) is 4.22. The monoisotopic (exact) mass is 301 g/mol. The Bertz CT molecular complexity index is 478. The Balaban J connectivity index is 0.00000361. The molecule has 0 fully saturated rings. The van der Waals surface area contributed by atoms with E-state index in [0.29, 0.717) is 18.0 Å². The molecule has 0 saturated heterocycles. The average molecular weight is 302 g/mol. The third-order valence-corrected chi connectivity index (χ3v) is 2.45. The highest BCUT2D eigenvalue weighted by Gasteiger charge is 2.09. The van der Waals surface area contributed by atoms with E-state index in [2.05, 4.69) is 10.6 Å². The number of hydrogen-bond donors (Lipinski definition) is 3. The molecule has 0 aromatic heterocycles. The summed E-state index contributed by atoms with van der Waals surface area (Å²) in [5.41, 5.74) is 6.87. The van der Waals surface area contributed by atoms with E-state index in [1.807, 2.05) is 6.07 Å². The van der Waals surface area contributed by atoms with Crippen LogP contribution >= 0.6 is 12.4 Å². The molecule has 1 rings (SSSR count). The molecule has 1 aromatic rings. The van der Waals surface area contributed by atoms with E-state index in [9.17, 15) is 9.59 Å².